The lowest BCUT2D eigenvalue weighted by molar-refractivity contribution is -0.133. The Bertz CT molecular complexity index is 553. The second-order valence-electron chi connectivity index (χ2n) is 7.19. The average molecular weight is 318 g/mol. The summed E-state index contributed by atoms with van der Waals surface area (Å²) in [6, 6.07) is 0.588. The maximum Gasteiger partial charge on any atom is 0.223 e. The van der Waals surface area contributed by atoms with Crippen molar-refractivity contribution >= 4 is 5.91 Å². The van der Waals surface area contributed by atoms with Gasteiger partial charge in [-0.25, -0.2) is 0 Å². The van der Waals surface area contributed by atoms with Crippen LogP contribution in [0.1, 0.15) is 62.6 Å². The molecule has 2 aliphatic heterocycles. The topological polar surface area (TPSA) is 62.5 Å². The summed E-state index contributed by atoms with van der Waals surface area (Å²) in [5.41, 5.74) is 0. The van der Waals surface area contributed by atoms with Crippen molar-refractivity contribution in [1.82, 2.24) is 20.0 Å². The molecule has 1 atom stereocenters. The lowest BCUT2D eigenvalue weighted by Crippen LogP contribution is -2.52. The number of aryl methyl sites for hydroxylation is 1. The van der Waals surface area contributed by atoms with Crippen molar-refractivity contribution in [2.75, 3.05) is 26.2 Å². The molecule has 3 aliphatic rings. The third-order valence-electron chi connectivity index (χ3n) is 5.68. The van der Waals surface area contributed by atoms with Crippen LogP contribution in [0.5, 0.6) is 0 Å². The highest BCUT2D eigenvalue weighted by atomic mass is 16.4. The number of hydrogen-bond acceptors (Lipinski definition) is 5. The van der Waals surface area contributed by atoms with E-state index in [1.807, 2.05) is 4.90 Å². The summed E-state index contributed by atoms with van der Waals surface area (Å²) in [6.07, 6.45) is 8.40. The van der Waals surface area contributed by atoms with Gasteiger partial charge in [0.2, 0.25) is 17.7 Å². The molecule has 0 spiro atoms. The summed E-state index contributed by atoms with van der Waals surface area (Å²) >= 11 is 0. The second-order valence-corrected chi connectivity index (χ2v) is 7.19. The summed E-state index contributed by atoms with van der Waals surface area (Å²) in [6.45, 7) is 4.00. The van der Waals surface area contributed by atoms with Gasteiger partial charge in [-0.05, 0) is 32.2 Å². The largest absolute Gasteiger partial charge is 0.425 e. The molecule has 1 aromatic rings. The minimum Gasteiger partial charge on any atom is -0.425 e. The van der Waals surface area contributed by atoms with E-state index >= 15 is 0 Å². The van der Waals surface area contributed by atoms with Crippen LogP contribution in [0.2, 0.25) is 0 Å². The van der Waals surface area contributed by atoms with E-state index in [1.54, 1.807) is 0 Å². The van der Waals surface area contributed by atoms with E-state index in [4.69, 9.17) is 4.42 Å². The van der Waals surface area contributed by atoms with Gasteiger partial charge in [0.1, 0.15) is 0 Å². The molecule has 1 aromatic heterocycles. The normalized spacial score (nSPS) is 25.9. The van der Waals surface area contributed by atoms with Crippen LogP contribution >= 0.6 is 0 Å². The highest BCUT2D eigenvalue weighted by Gasteiger charge is 2.32. The van der Waals surface area contributed by atoms with E-state index in [1.165, 1.54) is 32.2 Å². The molecule has 0 radical (unpaired) electrons. The van der Waals surface area contributed by atoms with Gasteiger partial charge in [-0.3, -0.25) is 9.69 Å². The molecule has 23 heavy (non-hydrogen) atoms. The predicted molar refractivity (Wildman–Crippen MR) is 85.0 cm³/mol. The van der Waals surface area contributed by atoms with Crippen molar-refractivity contribution < 1.29 is 9.21 Å². The van der Waals surface area contributed by atoms with Crippen molar-refractivity contribution in [3.63, 3.8) is 0 Å². The van der Waals surface area contributed by atoms with E-state index in [0.29, 0.717) is 30.7 Å². The molecule has 1 amide bonds. The third kappa shape index (κ3) is 3.27. The molecule has 3 fully saturated rings. The van der Waals surface area contributed by atoms with Gasteiger partial charge < -0.3 is 9.32 Å². The highest BCUT2D eigenvalue weighted by molar-refractivity contribution is 5.76. The molecular weight excluding hydrogens is 292 g/mol. The van der Waals surface area contributed by atoms with Crippen LogP contribution in [-0.4, -0.2) is 58.1 Å². The first-order valence-corrected chi connectivity index (χ1v) is 9.14. The van der Waals surface area contributed by atoms with E-state index in [-0.39, 0.29) is 5.91 Å². The number of nitrogens with zero attached hydrogens (tertiary/aromatic N) is 4. The maximum atomic E-state index is 12.4. The van der Waals surface area contributed by atoms with Crippen molar-refractivity contribution in [2.24, 2.45) is 0 Å². The fourth-order valence-electron chi connectivity index (χ4n) is 4.29. The Morgan fingerprint density at radius 1 is 1.09 bits per heavy atom. The van der Waals surface area contributed by atoms with Crippen LogP contribution in [0.3, 0.4) is 0 Å². The van der Waals surface area contributed by atoms with Crippen molar-refractivity contribution in [3.05, 3.63) is 11.8 Å². The number of amides is 1. The van der Waals surface area contributed by atoms with Gasteiger partial charge in [0.25, 0.3) is 0 Å². The smallest absolute Gasteiger partial charge is 0.223 e. The van der Waals surface area contributed by atoms with Gasteiger partial charge in [0, 0.05) is 44.4 Å². The number of aromatic nitrogens is 2. The SMILES string of the molecule is O=C(CCc1nnc(C2CCCC2)o1)N1CCN2CCCC2C1. The van der Waals surface area contributed by atoms with Crippen LogP contribution in [0, 0.1) is 0 Å². The van der Waals surface area contributed by atoms with Gasteiger partial charge in [-0.1, -0.05) is 12.8 Å². The number of hydrogen-bond donors (Lipinski definition) is 0. The van der Waals surface area contributed by atoms with Crippen LogP contribution in [0.25, 0.3) is 0 Å². The van der Waals surface area contributed by atoms with E-state index in [2.05, 4.69) is 15.1 Å². The highest BCUT2D eigenvalue weighted by Crippen LogP contribution is 2.33. The lowest BCUT2D eigenvalue weighted by Gasteiger charge is -2.37. The first kappa shape index (κ1) is 15.1. The Hall–Kier alpha value is -1.43. The Kier molecular flexibility index (Phi) is 4.33. The number of rotatable bonds is 4. The fraction of sp³-hybridized carbons (Fsp3) is 0.824. The van der Waals surface area contributed by atoms with Crippen LogP contribution in [-0.2, 0) is 11.2 Å². The minimum atomic E-state index is 0.233. The van der Waals surface area contributed by atoms with Crippen molar-refractivity contribution in [3.8, 4) is 0 Å². The molecule has 1 saturated carbocycles. The number of fused-ring (bicyclic) bond motifs is 1. The Morgan fingerprint density at radius 3 is 2.83 bits per heavy atom. The van der Waals surface area contributed by atoms with Crippen LogP contribution in [0.4, 0.5) is 0 Å². The number of carbonyl (C=O) groups is 1. The quantitative estimate of drug-likeness (QED) is 0.849. The van der Waals surface area contributed by atoms with Crippen molar-refractivity contribution in [2.45, 2.75) is 63.3 Å². The summed E-state index contributed by atoms with van der Waals surface area (Å²) in [4.78, 5) is 17.0. The summed E-state index contributed by atoms with van der Waals surface area (Å²) in [7, 11) is 0. The fourth-order valence-corrected chi connectivity index (χ4v) is 4.29. The van der Waals surface area contributed by atoms with Crippen molar-refractivity contribution in [1.29, 1.82) is 0 Å². The lowest BCUT2D eigenvalue weighted by atomic mass is 10.1. The second kappa shape index (κ2) is 6.59. The van der Waals surface area contributed by atoms with Gasteiger partial charge in [0.05, 0.1) is 0 Å². The van der Waals surface area contributed by atoms with Gasteiger partial charge in [-0.15, -0.1) is 10.2 Å². The van der Waals surface area contributed by atoms with Crippen LogP contribution in [0.15, 0.2) is 4.42 Å². The van der Waals surface area contributed by atoms with E-state index < -0.39 is 0 Å². The average Bonchev–Trinajstić information content (AvgIpc) is 3.32. The predicted octanol–water partition coefficient (Wildman–Crippen LogP) is 1.97. The molecule has 126 valence electrons. The zero-order valence-corrected chi connectivity index (χ0v) is 13.7. The standard InChI is InChI=1S/C17H26N4O2/c22-16(21-11-10-20-9-3-6-14(20)12-21)8-7-15-18-19-17(23-15)13-4-1-2-5-13/h13-14H,1-12H2. The Labute approximate surface area is 137 Å². The van der Waals surface area contributed by atoms with Gasteiger partial charge in [-0.2, -0.15) is 0 Å². The molecule has 0 bridgehead atoms. The molecule has 1 unspecified atom stereocenters. The Balaban J connectivity index is 1.28. The molecule has 0 N–H and O–H groups in total. The zero-order chi connectivity index (χ0) is 15.6. The summed E-state index contributed by atoms with van der Waals surface area (Å²) in [5.74, 6) is 2.09. The monoisotopic (exact) mass is 318 g/mol. The summed E-state index contributed by atoms with van der Waals surface area (Å²) < 4.78 is 5.77. The summed E-state index contributed by atoms with van der Waals surface area (Å²) in [5, 5.41) is 8.32. The van der Waals surface area contributed by atoms with Crippen LogP contribution < -0.4 is 0 Å². The first-order chi connectivity index (χ1) is 11.3. The molecular formula is C17H26N4O2. The molecule has 0 aromatic carbocycles. The molecule has 2 saturated heterocycles. The molecule has 4 rings (SSSR count). The van der Waals surface area contributed by atoms with E-state index in [0.717, 1.165) is 38.4 Å². The third-order valence-corrected chi connectivity index (χ3v) is 5.68. The van der Waals surface area contributed by atoms with Gasteiger partial charge >= 0.3 is 0 Å². The minimum absolute atomic E-state index is 0.233. The molecule has 6 heteroatoms. The first-order valence-electron chi connectivity index (χ1n) is 9.14. The maximum absolute atomic E-state index is 12.4. The van der Waals surface area contributed by atoms with E-state index in [9.17, 15) is 4.79 Å². The molecule has 3 heterocycles. The zero-order valence-electron chi connectivity index (χ0n) is 13.7. The number of carbonyl (C=O) groups excluding carboxylic acids is 1. The Morgan fingerprint density at radius 2 is 1.96 bits per heavy atom. The molecule has 1 aliphatic carbocycles. The van der Waals surface area contributed by atoms with Gasteiger partial charge in [0.15, 0.2) is 0 Å². The molecule has 6 nitrogen and oxygen atoms in total. The number of piperazine rings is 1.